The predicted molar refractivity (Wildman–Crippen MR) is 56.2 cm³/mol. The molecule has 0 bridgehead atoms. The highest BCUT2D eigenvalue weighted by molar-refractivity contribution is 6.01. The summed E-state index contributed by atoms with van der Waals surface area (Å²) < 4.78 is 0. The van der Waals surface area contributed by atoms with Crippen LogP contribution in [0.1, 0.15) is 38.5 Å². The number of amides is 2. The van der Waals surface area contributed by atoms with E-state index in [0.29, 0.717) is 25.4 Å². The molecular weight excluding hydrogens is 192 g/mol. The lowest BCUT2D eigenvalue weighted by molar-refractivity contribution is -0.138. The molecule has 0 aromatic heterocycles. The second-order valence-corrected chi connectivity index (χ2v) is 4.37. The minimum Gasteiger partial charge on any atom is -0.314 e. The number of imide groups is 1. The number of nitrogens with one attached hydrogen (secondary N) is 1. The van der Waals surface area contributed by atoms with Crippen LogP contribution in [0.3, 0.4) is 0 Å². The molecular formula is C11H18N2O2. The van der Waals surface area contributed by atoms with Gasteiger partial charge in [-0.25, -0.2) is 0 Å². The molecule has 2 heterocycles. The molecule has 0 radical (unpaired) electrons. The van der Waals surface area contributed by atoms with Gasteiger partial charge in [0.15, 0.2) is 0 Å². The number of piperidine rings is 1. The van der Waals surface area contributed by atoms with Crippen LogP contribution in [0.5, 0.6) is 0 Å². The van der Waals surface area contributed by atoms with Crippen LogP contribution in [-0.2, 0) is 9.59 Å². The first-order valence-electron chi connectivity index (χ1n) is 5.84. The van der Waals surface area contributed by atoms with Crippen molar-refractivity contribution < 1.29 is 9.59 Å². The maximum atomic E-state index is 11.3. The molecule has 0 aromatic rings. The first kappa shape index (κ1) is 10.6. The molecule has 2 aliphatic heterocycles. The van der Waals surface area contributed by atoms with Gasteiger partial charge in [-0.15, -0.1) is 0 Å². The first-order chi connectivity index (χ1) is 7.27. The lowest BCUT2D eigenvalue weighted by Gasteiger charge is -2.25. The summed E-state index contributed by atoms with van der Waals surface area (Å²) in [6.45, 7) is 1.68. The van der Waals surface area contributed by atoms with Crippen molar-refractivity contribution in [2.24, 2.45) is 0 Å². The van der Waals surface area contributed by atoms with Gasteiger partial charge in [-0.05, 0) is 25.8 Å². The molecule has 2 rings (SSSR count). The van der Waals surface area contributed by atoms with E-state index in [-0.39, 0.29) is 11.8 Å². The monoisotopic (exact) mass is 210 g/mol. The SMILES string of the molecule is O=C1CCC(=O)N1CCC1CCCCN1. The van der Waals surface area contributed by atoms with Gasteiger partial charge in [0.25, 0.3) is 0 Å². The van der Waals surface area contributed by atoms with Crippen molar-refractivity contribution in [2.75, 3.05) is 13.1 Å². The Morgan fingerprint density at radius 1 is 1.20 bits per heavy atom. The topological polar surface area (TPSA) is 49.4 Å². The highest BCUT2D eigenvalue weighted by Crippen LogP contribution is 2.15. The van der Waals surface area contributed by atoms with Crippen molar-refractivity contribution in [2.45, 2.75) is 44.6 Å². The summed E-state index contributed by atoms with van der Waals surface area (Å²) in [5, 5.41) is 3.42. The molecule has 1 unspecified atom stereocenters. The summed E-state index contributed by atoms with van der Waals surface area (Å²) >= 11 is 0. The zero-order valence-corrected chi connectivity index (χ0v) is 9.00. The third kappa shape index (κ3) is 2.56. The molecule has 84 valence electrons. The Bertz CT molecular complexity index is 243. The fourth-order valence-corrected chi connectivity index (χ4v) is 2.33. The molecule has 2 fully saturated rings. The second kappa shape index (κ2) is 4.75. The van der Waals surface area contributed by atoms with Crippen LogP contribution in [0, 0.1) is 0 Å². The fraction of sp³-hybridized carbons (Fsp3) is 0.818. The van der Waals surface area contributed by atoms with Crippen molar-refractivity contribution >= 4 is 11.8 Å². The molecule has 0 aromatic carbocycles. The maximum Gasteiger partial charge on any atom is 0.229 e. The van der Waals surface area contributed by atoms with Crippen molar-refractivity contribution in [1.29, 1.82) is 0 Å². The van der Waals surface area contributed by atoms with Gasteiger partial charge in [0.05, 0.1) is 0 Å². The molecule has 1 atom stereocenters. The zero-order valence-electron chi connectivity index (χ0n) is 9.00. The third-order valence-corrected chi connectivity index (χ3v) is 3.27. The van der Waals surface area contributed by atoms with E-state index in [1.807, 2.05) is 0 Å². The molecule has 1 N–H and O–H groups in total. The summed E-state index contributed by atoms with van der Waals surface area (Å²) in [5.74, 6) is 0.0200. The van der Waals surface area contributed by atoms with Crippen LogP contribution < -0.4 is 5.32 Å². The summed E-state index contributed by atoms with van der Waals surface area (Å²) in [7, 11) is 0. The molecule has 2 amide bonds. The van der Waals surface area contributed by atoms with Gasteiger partial charge in [0, 0.05) is 25.4 Å². The summed E-state index contributed by atoms with van der Waals surface area (Å²) in [4.78, 5) is 24.1. The van der Waals surface area contributed by atoms with Crippen LogP contribution in [0.15, 0.2) is 0 Å². The van der Waals surface area contributed by atoms with E-state index >= 15 is 0 Å². The summed E-state index contributed by atoms with van der Waals surface area (Å²) in [5.41, 5.74) is 0. The highest BCUT2D eigenvalue weighted by atomic mass is 16.2. The van der Waals surface area contributed by atoms with Gasteiger partial charge in [0.2, 0.25) is 11.8 Å². The van der Waals surface area contributed by atoms with E-state index in [4.69, 9.17) is 0 Å². The first-order valence-corrected chi connectivity index (χ1v) is 5.84. The van der Waals surface area contributed by atoms with Crippen LogP contribution in [0.4, 0.5) is 0 Å². The normalized spacial score (nSPS) is 27.5. The lowest BCUT2D eigenvalue weighted by atomic mass is 10.0. The van der Waals surface area contributed by atoms with Gasteiger partial charge in [-0.2, -0.15) is 0 Å². The third-order valence-electron chi connectivity index (χ3n) is 3.27. The summed E-state index contributed by atoms with van der Waals surface area (Å²) in [6.07, 6.45) is 5.43. The van der Waals surface area contributed by atoms with E-state index in [1.165, 1.54) is 24.2 Å². The smallest absolute Gasteiger partial charge is 0.229 e. The van der Waals surface area contributed by atoms with E-state index in [1.54, 1.807) is 0 Å². The molecule has 2 saturated heterocycles. The number of carbonyl (C=O) groups excluding carboxylic acids is 2. The summed E-state index contributed by atoms with van der Waals surface area (Å²) in [6, 6.07) is 0.500. The zero-order chi connectivity index (χ0) is 10.7. The number of rotatable bonds is 3. The van der Waals surface area contributed by atoms with Gasteiger partial charge in [0.1, 0.15) is 0 Å². The van der Waals surface area contributed by atoms with Gasteiger partial charge >= 0.3 is 0 Å². The molecule has 0 aliphatic carbocycles. The van der Waals surface area contributed by atoms with Gasteiger partial charge in [-0.3, -0.25) is 14.5 Å². The lowest BCUT2D eigenvalue weighted by Crippen LogP contribution is -2.38. The van der Waals surface area contributed by atoms with Crippen molar-refractivity contribution in [1.82, 2.24) is 10.2 Å². The maximum absolute atomic E-state index is 11.3. The number of nitrogens with zero attached hydrogens (tertiary/aromatic N) is 1. The number of carbonyl (C=O) groups is 2. The van der Waals surface area contributed by atoms with Crippen LogP contribution in [0.2, 0.25) is 0 Å². The molecule has 4 heteroatoms. The van der Waals surface area contributed by atoms with Crippen LogP contribution in [0.25, 0.3) is 0 Å². The Morgan fingerprint density at radius 2 is 1.93 bits per heavy atom. The average molecular weight is 210 g/mol. The molecule has 2 aliphatic rings. The number of hydrogen-bond donors (Lipinski definition) is 1. The van der Waals surface area contributed by atoms with Gasteiger partial charge in [-0.1, -0.05) is 6.42 Å². The largest absolute Gasteiger partial charge is 0.314 e. The Hall–Kier alpha value is -0.900. The number of likely N-dealkylation sites (tertiary alicyclic amines) is 1. The fourth-order valence-electron chi connectivity index (χ4n) is 2.33. The second-order valence-electron chi connectivity index (χ2n) is 4.37. The van der Waals surface area contributed by atoms with Crippen LogP contribution in [-0.4, -0.2) is 35.8 Å². The van der Waals surface area contributed by atoms with E-state index < -0.39 is 0 Å². The van der Waals surface area contributed by atoms with Gasteiger partial charge < -0.3 is 5.32 Å². The Kier molecular flexibility index (Phi) is 3.36. The minimum atomic E-state index is 0.0100. The molecule has 0 spiro atoms. The predicted octanol–water partition coefficient (Wildman–Crippen LogP) is 0.668. The van der Waals surface area contributed by atoms with Crippen molar-refractivity contribution in [3.8, 4) is 0 Å². The molecule has 0 saturated carbocycles. The van der Waals surface area contributed by atoms with Crippen molar-refractivity contribution in [3.63, 3.8) is 0 Å². The molecule has 4 nitrogen and oxygen atoms in total. The Morgan fingerprint density at radius 3 is 2.53 bits per heavy atom. The van der Waals surface area contributed by atoms with Crippen molar-refractivity contribution in [3.05, 3.63) is 0 Å². The van der Waals surface area contributed by atoms with Crippen LogP contribution >= 0.6 is 0 Å². The van der Waals surface area contributed by atoms with E-state index in [9.17, 15) is 9.59 Å². The van der Waals surface area contributed by atoms with E-state index in [0.717, 1.165) is 13.0 Å². The Labute approximate surface area is 90.0 Å². The highest BCUT2D eigenvalue weighted by Gasteiger charge is 2.29. The quantitative estimate of drug-likeness (QED) is 0.696. The Balaban J connectivity index is 1.76. The number of hydrogen-bond acceptors (Lipinski definition) is 3. The average Bonchev–Trinajstić information content (AvgIpc) is 2.58. The standard InChI is InChI=1S/C11H18N2O2/c14-10-4-5-11(15)13(10)8-6-9-3-1-2-7-12-9/h9,12H,1-8H2. The van der Waals surface area contributed by atoms with E-state index in [2.05, 4.69) is 5.32 Å². The molecule has 15 heavy (non-hydrogen) atoms. The minimum absolute atomic E-state index is 0.0100.